The zero-order chi connectivity index (χ0) is 11.3. The number of rotatable bonds is 4. The van der Waals surface area contributed by atoms with Gasteiger partial charge in [-0.2, -0.15) is 5.26 Å². The summed E-state index contributed by atoms with van der Waals surface area (Å²) in [6.07, 6.45) is 0.559. The Hall–Kier alpha value is -1.53. The van der Waals surface area contributed by atoms with E-state index in [4.69, 9.17) is 10.00 Å². The number of hydrogen-bond donors (Lipinski definition) is 1. The van der Waals surface area contributed by atoms with Gasteiger partial charge < -0.3 is 9.84 Å². The van der Waals surface area contributed by atoms with Crippen LogP contribution in [0, 0.1) is 11.3 Å². The van der Waals surface area contributed by atoms with Crippen molar-refractivity contribution < 1.29 is 9.84 Å². The van der Waals surface area contributed by atoms with Gasteiger partial charge in [0.25, 0.3) is 0 Å². The summed E-state index contributed by atoms with van der Waals surface area (Å²) in [6.45, 7) is 3.92. The molecule has 0 aliphatic rings. The third-order valence-electron chi connectivity index (χ3n) is 1.95. The highest BCUT2D eigenvalue weighted by Gasteiger charge is 2.11. The summed E-state index contributed by atoms with van der Waals surface area (Å²) in [7, 11) is 0. The monoisotopic (exact) mass is 205 g/mol. The van der Waals surface area contributed by atoms with E-state index < -0.39 is 5.60 Å². The molecule has 3 heteroatoms. The summed E-state index contributed by atoms with van der Waals surface area (Å²) < 4.78 is 5.41. The molecule has 0 aliphatic carbocycles. The Balaban J connectivity index is 2.48. The predicted molar refractivity (Wildman–Crippen MR) is 57.6 cm³/mol. The minimum atomic E-state index is -0.715. The standard InChI is InChI=1S/C12H15NO2/c1-12(2,14)6-7-15-11-5-3-4-10(8-11)9-13/h3-5,8,14H,6-7H2,1-2H3. The average molecular weight is 205 g/mol. The fourth-order valence-electron chi connectivity index (χ4n) is 1.07. The van der Waals surface area contributed by atoms with Gasteiger partial charge in [-0.15, -0.1) is 0 Å². The Morgan fingerprint density at radius 3 is 2.80 bits per heavy atom. The maximum atomic E-state index is 9.46. The van der Waals surface area contributed by atoms with E-state index in [0.29, 0.717) is 24.3 Å². The van der Waals surface area contributed by atoms with Crippen LogP contribution in [0.5, 0.6) is 5.75 Å². The minimum absolute atomic E-state index is 0.443. The third kappa shape index (κ3) is 4.48. The molecule has 0 amide bonds. The van der Waals surface area contributed by atoms with E-state index in [2.05, 4.69) is 0 Å². The molecule has 1 rings (SSSR count). The Labute approximate surface area is 89.9 Å². The van der Waals surface area contributed by atoms with Crippen LogP contribution in [0.1, 0.15) is 25.8 Å². The fourth-order valence-corrected chi connectivity index (χ4v) is 1.07. The van der Waals surface area contributed by atoms with Crippen molar-refractivity contribution in [3.05, 3.63) is 29.8 Å². The van der Waals surface area contributed by atoms with E-state index in [1.165, 1.54) is 0 Å². The van der Waals surface area contributed by atoms with E-state index >= 15 is 0 Å². The number of nitriles is 1. The van der Waals surface area contributed by atoms with E-state index in [1.54, 1.807) is 38.1 Å². The van der Waals surface area contributed by atoms with Crippen LogP contribution < -0.4 is 4.74 Å². The molecular weight excluding hydrogens is 190 g/mol. The molecule has 0 heterocycles. The molecule has 0 radical (unpaired) electrons. The molecule has 1 N–H and O–H groups in total. The first-order valence-electron chi connectivity index (χ1n) is 4.86. The highest BCUT2D eigenvalue weighted by Crippen LogP contribution is 2.14. The molecule has 80 valence electrons. The number of aliphatic hydroxyl groups is 1. The van der Waals surface area contributed by atoms with Crippen molar-refractivity contribution in [1.29, 1.82) is 5.26 Å². The zero-order valence-electron chi connectivity index (χ0n) is 9.03. The molecule has 0 atom stereocenters. The van der Waals surface area contributed by atoms with Gasteiger partial charge in [0.1, 0.15) is 5.75 Å². The predicted octanol–water partition coefficient (Wildman–Crippen LogP) is 2.10. The Morgan fingerprint density at radius 1 is 1.47 bits per heavy atom. The third-order valence-corrected chi connectivity index (χ3v) is 1.95. The summed E-state index contributed by atoms with van der Waals surface area (Å²) >= 11 is 0. The zero-order valence-corrected chi connectivity index (χ0v) is 9.03. The van der Waals surface area contributed by atoms with Gasteiger partial charge in [-0.1, -0.05) is 6.07 Å². The lowest BCUT2D eigenvalue weighted by Gasteiger charge is -2.16. The maximum absolute atomic E-state index is 9.46. The fraction of sp³-hybridized carbons (Fsp3) is 0.417. The molecule has 15 heavy (non-hydrogen) atoms. The average Bonchev–Trinajstić information content (AvgIpc) is 2.16. The van der Waals surface area contributed by atoms with Crippen molar-refractivity contribution in [3.63, 3.8) is 0 Å². The highest BCUT2D eigenvalue weighted by molar-refractivity contribution is 5.36. The van der Waals surface area contributed by atoms with Crippen LogP contribution in [-0.4, -0.2) is 17.3 Å². The van der Waals surface area contributed by atoms with Crippen LogP contribution in [0.3, 0.4) is 0 Å². The van der Waals surface area contributed by atoms with Crippen molar-refractivity contribution in [2.75, 3.05) is 6.61 Å². The Morgan fingerprint density at radius 2 is 2.20 bits per heavy atom. The normalized spacial score (nSPS) is 10.8. The molecule has 0 fully saturated rings. The quantitative estimate of drug-likeness (QED) is 0.818. The summed E-state index contributed by atoms with van der Waals surface area (Å²) in [5.41, 5.74) is -0.136. The van der Waals surface area contributed by atoms with Gasteiger partial charge in [-0.25, -0.2) is 0 Å². The largest absolute Gasteiger partial charge is 0.493 e. The maximum Gasteiger partial charge on any atom is 0.120 e. The van der Waals surface area contributed by atoms with E-state index in [1.807, 2.05) is 6.07 Å². The number of hydrogen-bond acceptors (Lipinski definition) is 3. The summed E-state index contributed by atoms with van der Waals surface area (Å²) in [5.74, 6) is 0.665. The minimum Gasteiger partial charge on any atom is -0.493 e. The molecule has 0 bridgehead atoms. The first-order chi connectivity index (χ1) is 7.01. The van der Waals surface area contributed by atoms with Crippen molar-refractivity contribution in [2.24, 2.45) is 0 Å². The van der Waals surface area contributed by atoms with Gasteiger partial charge in [-0.05, 0) is 32.0 Å². The van der Waals surface area contributed by atoms with Crippen LogP contribution in [0.2, 0.25) is 0 Å². The van der Waals surface area contributed by atoms with Gasteiger partial charge in [-0.3, -0.25) is 0 Å². The van der Waals surface area contributed by atoms with Gasteiger partial charge in [0.15, 0.2) is 0 Å². The lowest BCUT2D eigenvalue weighted by molar-refractivity contribution is 0.0553. The van der Waals surface area contributed by atoms with Gasteiger partial charge in [0.05, 0.1) is 23.8 Å². The first kappa shape index (κ1) is 11.5. The van der Waals surface area contributed by atoms with Gasteiger partial charge >= 0.3 is 0 Å². The molecule has 0 aliphatic heterocycles. The van der Waals surface area contributed by atoms with Crippen molar-refractivity contribution in [1.82, 2.24) is 0 Å². The van der Waals surface area contributed by atoms with E-state index in [-0.39, 0.29) is 0 Å². The highest BCUT2D eigenvalue weighted by atomic mass is 16.5. The molecule has 0 saturated heterocycles. The molecule has 0 aromatic heterocycles. The summed E-state index contributed by atoms with van der Waals surface area (Å²) in [6, 6.07) is 9.03. The SMILES string of the molecule is CC(C)(O)CCOc1cccc(C#N)c1. The van der Waals surface area contributed by atoms with Crippen LogP contribution >= 0.6 is 0 Å². The van der Waals surface area contributed by atoms with Crippen molar-refractivity contribution >= 4 is 0 Å². The topological polar surface area (TPSA) is 53.2 Å². The second kappa shape index (κ2) is 4.81. The molecular formula is C12H15NO2. The summed E-state index contributed by atoms with van der Waals surface area (Å²) in [4.78, 5) is 0. The van der Waals surface area contributed by atoms with Crippen molar-refractivity contribution in [2.45, 2.75) is 25.9 Å². The van der Waals surface area contributed by atoms with Crippen LogP contribution in [-0.2, 0) is 0 Å². The van der Waals surface area contributed by atoms with Gasteiger partial charge in [0.2, 0.25) is 0 Å². The van der Waals surface area contributed by atoms with E-state index in [9.17, 15) is 5.11 Å². The lowest BCUT2D eigenvalue weighted by atomic mass is 10.1. The Kier molecular flexibility index (Phi) is 3.70. The number of benzene rings is 1. The van der Waals surface area contributed by atoms with Crippen molar-refractivity contribution in [3.8, 4) is 11.8 Å². The molecule has 0 unspecified atom stereocenters. The van der Waals surface area contributed by atoms with Crippen LogP contribution in [0.15, 0.2) is 24.3 Å². The summed E-state index contributed by atoms with van der Waals surface area (Å²) in [5, 5.41) is 18.1. The second-order valence-electron chi connectivity index (χ2n) is 4.05. The lowest BCUT2D eigenvalue weighted by Crippen LogP contribution is -2.21. The molecule has 3 nitrogen and oxygen atoms in total. The van der Waals surface area contributed by atoms with Crippen LogP contribution in [0.4, 0.5) is 0 Å². The number of ether oxygens (including phenoxy) is 1. The first-order valence-corrected chi connectivity index (χ1v) is 4.86. The second-order valence-corrected chi connectivity index (χ2v) is 4.05. The molecule has 0 spiro atoms. The smallest absolute Gasteiger partial charge is 0.120 e. The van der Waals surface area contributed by atoms with E-state index in [0.717, 1.165) is 0 Å². The molecule has 1 aromatic rings. The molecule has 0 saturated carbocycles. The van der Waals surface area contributed by atoms with Gasteiger partial charge in [0, 0.05) is 6.42 Å². The Bertz CT molecular complexity index is 361. The van der Waals surface area contributed by atoms with Crippen LogP contribution in [0.25, 0.3) is 0 Å². The molecule has 1 aromatic carbocycles. The number of nitrogens with zero attached hydrogens (tertiary/aromatic N) is 1.